The van der Waals surface area contributed by atoms with E-state index in [1.165, 1.54) is 28.8 Å². The van der Waals surface area contributed by atoms with Gasteiger partial charge >= 0.3 is 5.97 Å². The Balaban J connectivity index is 1.59. The van der Waals surface area contributed by atoms with Crippen LogP contribution < -0.4 is 4.90 Å². The fraction of sp³-hybridized carbons (Fsp3) is 0.125. The van der Waals surface area contributed by atoms with Gasteiger partial charge in [-0.15, -0.1) is 0 Å². The maximum atomic E-state index is 13.1. The van der Waals surface area contributed by atoms with E-state index in [0.717, 1.165) is 11.1 Å². The normalized spacial score (nSPS) is 18.5. The number of thiocarbonyl (C=S) groups is 1. The van der Waals surface area contributed by atoms with Crippen LogP contribution in [-0.2, 0) is 16.1 Å². The van der Waals surface area contributed by atoms with Crippen LogP contribution in [0.5, 0.6) is 0 Å². The number of amides is 1. The minimum absolute atomic E-state index is 0.150. The topological polar surface area (TPSA) is 70.1 Å². The van der Waals surface area contributed by atoms with Crippen molar-refractivity contribution in [3.63, 3.8) is 0 Å². The Labute approximate surface area is 195 Å². The summed E-state index contributed by atoms with van der Waals surface area (Å²) in [5.41, 5.74) is 2.72. The van der Waals surface area contributed by atoms with Crippen LogP contribution in [0.1, 0.15) is 29.3 Å². The Morgan fingerprint density at radius 1 is 1.16 bits per heavy atom. The highest BCUT2D eigenvalue weighted by Crippen LogP contribution is 2.37. The van der Waals surface area contributed by atoms with Crippen molar-refractivity contribution in [2.75, 3.05) is 4.90 Å². The number of aromatic carboxylic acids is 1. The molecule has 0 aromatic heterocycles. The van der Waals surface area contributed by atoms with Gasteiger partial charge in [0.1, 0.15) is 6.26 Å². The number of thioether (sulfide) groups is 1. The first-order chi connectivity index (χ1) is 15.5. The van der Waals surface area contributed by atoms with Gasteiger partial charge in [-0.05, 0) is 42.3 Å². The fourth-order valence-electron chi connectivity index (χ4n) is 3.39. The van der Waals surface area contributed by atoms with E-state index in [2.05, 4.69) is 12.1 Å². The number of carbonyl (C=O) groups is 2. The number of carbonyl (C=O) groups excluding carboxylic acids is 1. The molecule has 1 saturated heterocycles. The first-order valence-corrected chi connectivity index (χ1v) is 11.2. The SMILES string of the molecule is CCC(C=C1SC(=S)N(c2ccc(C(=O)O)cc2)C1=O)=C1OC=CN1Cc1ccccc1. The zero-order valence-corrected chi connectivity index (χ0v) is 18.9. The lowest BCUT2D eigenvalue weighted by Gasteiger charge is -2.19. The molecule has 0 radical (unpaired) electrons. The Morgan fingerprint density at radius 3 is 2.53 bits per heavy atom. The molecule has 2 aromatic carbocycles. The smallest absolute Gasteiger partial charge is 0.335 e. The maximum Gasteiger partial charge on any atom is 0.335 e. The first-order valence-electron chi connectivity index (χ1n) is 9.96. The molecule has 2 aromatic rings. The van der Waals surface area contributed by atoms with Gasteiger partial charge in [0.05, 0.1) is 22.7 Å². The number of carboxylic acid groups (broad SMARTS) is 1. The summed E-state index contributed by atoms with van der Waals surface area (Å²) in [6.07, 6.45) is 6.00. The largest absolute Gasteiger partial charge is 0.478 e. The second kappa shape index (κ2) is 9.42. The number of carboxylic acids is 1. The average Bonchev–Trinajstić information content (AvgIpc) is 3.36. The zero-order valence-electron chi connectivity index (χ0n) is 17.2. The van der Waals surface area contributed by atoms with E-state index >= 15 is 0 Å². The Kier molecular flexibility index (Phi) is 6.43. The molecular weight excluding hydrogens is 444 g/mol. The van der Waals surface area contributed by atoms with E-state index in [1.54, 1.807) is 18.4 Å². The Bertz CT molecular complexity index is 1150. The van der Waals surface area contributed by atoms with Crippen LogP contribution in [-0.4, -0.2) is 26.2 Å². The Hall–Kier alpha value is -3.36. The molecule has 1 amide bonds. The van der Waals surface area contributed by atoms with Crippen molar-refractivity contribution in [2.24, 2.45) is 0 Å². The maximum absolute atomic E-state index is 13.1. The summed E-state index contributed by atoms with van der Waals surface area (Å²) in [6.45, 7) is 2.66. The molecule has 8 heteroatoms. The molecule has 0 unspecified atom stereocenters. The predicted molar refractivity (Wildman–Crippen MR) is 129 cm³/mol. The number of nitrogens with zero attached hydrogens (tertiary/aromatic N) is 2. The molecule has 0 aliphatic carbocycles. The molecular formula is C24H20N2O4S2. The van der Waals surface area contributed by atoms with Crippen LogP contribution in [0.4, 0.5) is 5.69 Å². The van der Waals surface area contributed by atoms with E-state index in [0.29, 0.717) is 33.8 Å². The monoisotopic (exact) mass is 464 g/mol. The van der Waals surface area contributed by atoms with Gasteiger partial charge in [-0.1, -0.05) is 61.2 Å². The molecule has 1 N–H and O–H groups in total. The van der Waals surface area contributed by atoms with Gasteiger partial charge in [-0.3, -0.25) is 9.69 Å². The second-order valence-electron chi connectivity index (χ2n) is 7.07. The van der Waals surface area contributed by atoms with Crippen LogP contribution in [0.25, 0.3) is 0 Å². The number of allylic oxidation sites excluding steroid dienone is 2. The molecule has 162 valence electrons. The van der Waals surface area contributed by atoms with Crippen molar-refractivity contribution in [2.45, 2.75) is 19.9 Å². The van der Waals surface area contributed by atoms with E-state index < -0.39 is 5.97 Å². The van der Waals surface area contributed by atoms with Crippen molar-refractivity contribution >= 4 is 45.9 Å². The molecule has 1 fully saturated rings. The number of hydrogen-bond donors (Lipinski definition) is 1. The summed E-state index contributed by atoms with van der Waals surface area (Å²) in [5.74, 6) is -0.575. The number of hydrogen-bond acceptors (Lipinski definition) is 6. The highest BCUT2D eigenvalue weighted by atomic mass is 32.2. The number of benzene rings is 2. The minimum Gasteiger partial charge on any atom is -0.478 e. The highest BCUT2D eigenvalue weighted by Gasteiger charge is 2.34. The Morgan fingerprint density at radius 2 is 1.88 bits per heavy atom. The molecule has 0 saturated carbocycles. The van der Waals surface area contributed by atoms with Crippen LogP contribution in [0.15, 0.2) is 89.5 Å². The lowest BCUT2D eigenvalue weighted by molar-refractivity contribution is -0.113. The third-order valence-corrected chi connectivity index (χ3v) is 6.31. The molecule has 2 aliphatic rings. The average molecular weight is 465 g/mol. The van der Waals surface area contributed by atoms with Crippen molar-refractivity contribution < 1.29 is 19.4 Å². The van der Waals surface area contributed by atoms with Crippen LogP contribution in [0, 0.1) is 0 Å². The molecule has 6 nitrogen and oxygen atoms in total. The molecule has 0 atom stereocenters. The summed E-state index contributed by atoms with van der Waals surface area (Å²) in [4.78, 5) is 28.1. The van der Waals surface area contributed by atoms with Gasteiger partial charge in [0.15, 0.2) is 4.32 Å². The van der Waals surface area contributed by atoms with E-state index in [9.17, 15) is 9.59 Å². The van der Waals surface area contributed by atoms with Gasteiger partial charge in [-0.25, -0.2) is 4.79 Å². The lowest BCUT2D eigenvalue weighted by Crippen LogP contribution is -2.27. The van der Waals surface area contributed by atoms with Gasteiger partial charge in [0.2, 0.25) is 5.88 Å². The van der Waals surface area contributed by atoms with E-state index in [-0.39, 0.29) is 11.5 Å². The van der Waals surface area contributed by atoms with Crippen molar-refractivity contribution in [1.29, 1.82) is 0 Å². The molecule has 2 heterocycles. The standard InChI is InChI=1S/C24H20N2O4S2/c1-2-17(22-25(12-13-30-22)15-16-6-4-3-5-7-16)14-20-21(27)26(24(31)32-20)19-10-8-18(9-11-19)23(28)29/h3-14H,2,15H2,1H3,(H,28,29). The highest BCUT2D eigenvalue weighted by molar-refractivity contribution is 8.27. The van der Waals surface area contributed by atoms with Crippen molar-refractivity contribution in [3.8, 4) is 0 Å². The van der Waals surface area contributed by atoms with Gasteiger partial charge in [0, 0.05) is 11.8 Å². The summed E-state index contributed by atoms with van der Waals surface area (Å²) >= 11 is 6.65. The van der Waals surface area contributed by atoms with Gasteiger partial charge in [0.25, 0.3) is 5.91 Å². The van der Waals surface area contributed by atoms with Crippen molar-refractivity contribution in [3.05, 3.63) is 101 Å². The van der Waals surface area contributed by atoms with E-state index in [1.807, 2.05) is 42.3 Å². The number of ether oxygens (including phenoxy) is 1. The summed E-state index contributed by atoms with van der Waals surface area (Å²) in [7, 11) is 0. The van der Waals surface area contributed by atoms with Crippen LogP contribution in [0.3, 0.4) is 0 Å². The second-order valence-corrected chi connectivity index (χ2v) is 8.75. The summed E-state index contributed by atoms with van der Waals surface area (Å²) in [6, 6.07) is 16.2. The van der Waals surface area contributed by atoms with E-state index in [4.69, 9.17) is 22.1 Å². The fourth-order valence-corrected chi connectivity index (χ4v) is 4.69. The molecule has 2 aliphatic heterocycles. The third kappa shape index (κ3) is 4.46. The minimum atomic E-state index is -1.02. The predicted octanol–water partition coefficient (Wildman–Crippen LogP) is 5.26. The number of rotatable bonds is 6. The molecule has 0 spiro atoms. The zero-order chi connectivity index (χ0) is 22.7. The molecule has 4 rings (SSSR count). The van der Waals surface area contributed by atoms with Crippen LogP contribution in [0.2, 0.25) is 0 Å². The first kappa shape index (κ1) is 21.9. The molecule has 32 heavy (non-hydrogen) atoms. The lowest BCUT2D eigenvalue weighted by atomic mass is 10.1. The summed E-state index contributed by atoms with van der Waals surface area (Å²) in [5, 5.41) is 9.09. The van der Waals surface area contributed by atoms with Crippen LogP contribution >= 0.6 is 24.0 Å². The van der Waals surface area contributed by atoms with Gasteiger partial charge < -0.3 is 14.7 Å². The molecule has 0 bridgehead atoms. The summed E-state index contributed by atoms with van der Waals surface area (Å²) < 4.78 is 6.17. The van der Waals surface area contributed by atoms with Crippen molar-refractivity contribution in [1.82, 2.24) is 4.90 Å². The quantitative estimate of drug-likeness (QED) is 0.462. The van der Waals surface area contributed by atoms with Gasteiger partial charge in [-0.2, -0.15) is 0 Å². The third-order valence-electron chi connectivity index (χ3n) is 5.00. The number of anilines is 1.